The molecule has 0 aliphatic rings. The molecule has 0 saturated carbocycles. The number of ether oxygens (including phenoxy) is 1. The van der Waals surface area contributed by atoms with Gasteiger partial charge in [-0.3, -0.25) is 4.90 Å². The first kappa shape index (κ1) is 17.3. The van der Waals surface area contributed by atoms with Crippen LogP contribution < -0.4 is 4.74 Å². The number of nitriles is 1. The number of benzene rings is 1. The Bertz CT molecular complexity index is 463. The molecule has 0 aliphatic carbocycles. The molecular formula is C15H19F3N2O. The van der Waals surface area contributed by atoms with Crippen molar-refractivity contribution in [2.24, 2.45) is 0 Å². The van der Waals surface area contributed by atoms with Crippen molar-refractivity contribution in [3.63, 3.8) is 0 Å². The van der Waals surface area contributed by atoms with E-state index in [0.29, 0.717) is 12.2 Å². The number of nitrogens with zero attached hydrogens (tertiary/aromatic N) is 2. The molecular weight excluding hydrogens is 281 g/mol. The second-order valence-corrected chi connectivity index (χ2v) is 5.01. The summed E-state index contributed by atoms with van der Waals surface area (Å²) < 4.78 is 42.7. The van der Waals surface area contributed by atoms with Crippen molar-refractivity contribution < 1.29 is 17.9 Å². The predicted molar refractivity (Wildman–Crippen MR) is 74.0 cm³/mol. The fraction of sp³-hybridized carbons (Fsp3) is 0.533. The second kappa shape index (κ2) is 7.89. The van der Waals surface area contributed by atoms with Crippen LogP contribution in [0.2, 0.25) is 0 Å². The molecule has 1 aromatic rings. The van der Waals surface area contributed by atoms with Crippen molar-refractivity contribution in [2.75, 3.05) is 19.7 Å². The summed E-state index contributed by atoms with van der Waals surface area (Å²) in [5.74, 6) is 0.590. The van der Waals surface area contributed by atoms with Crippen molar-refractivity contribution >= 4 is 0 Å². The Kier molecular flexibility index (Phi) is 6.50. The lowest BCUT2D eigenvalue weighted by Crippen LogP contribution is -2.41. The van der Waals surface area contributed by atoms with Crippen LogP contribution in [-0.4, -0.2) is 36.8 Å². The van der Waals surface area contributed by atoms with Crippen LogP contribution in [0.5, 0.6) is 5.75 Å². The molecule has 1 aromatic carbocycles. The lowest BCUT2D eigenvalue weighted by molar-refractivity contribution is -0.150. The van der Waals surface area contributed by atoms with Gasteiger partial charge in [0.1, 0.15) is 12.4 Å². The van der Waals surface area contributed by atoms with E-state index in [1.165, 1.54) is 4.90 Å². The number of hydrogen-bond donors (Lipinski definition) is 0. The number of alkyl halides is 3. The van der Waals surface area contributed by atoms with E-state index in [0.717, 1.165) is 5.56 Å². The van der Waals surface area contributed by atoms with Gasteiger partial charge in [0.15, 0.2) is 0 Å². The summed E-state index contributed by atoms with van der Waals surface area (Å²) in [6, 6.07) is 8.82. The normalized spacial score (nSPS) is 11.7. The second-order valence-electron chi connectivity index (χ2n) is 5.01. The molecule has 0 amide bonds. The number of hydrogen-bond acceptors (Lipinski definition) is 3. The van der Waals surface area contributed by atoms with Crippen LogP contribution in [0.3, 0.4) is 0 Å². The average Bonchev–Trinajstić information content (AvgIpc) is 2.38. The smallest absolute Gasteiger partial charge is 0.401 e. The standard InChI is InChI=1S/C15H19F3N2O/c1-12(2)20(11-15(16,17)18)9-10-21-14-5-3-13(4-6-14)7-8-19/h3-6,12H,7,9-11H2,1-2H3. The number of rotatable bonds is 7. The highest BCUT2D eigenvalue weighted by Gasteiger charge is 2.31. The predicted octanol–water partition coefficient (Wildman–Crippen LogP) is 3.40. The molecule has 0 fully saturated rings. The zero-order valence-corrected chi connectivity index (χ0v) is 12.2. The van der Waals surface area contributed by atoms with E-state index >= 15 is 0 Å². The maximum absolute atomic E-state index is 12.4. The fourth-order valence-electron chi connectivity index (χ4n) is 1.83. The van der Waals surface area contributed by atoms with Gasteiger partial charge in [0.2, 0.25) is 0 Å². The molecule has 116 valence electrons. The topological polar surface area (TPSA) is 36.3 Å². The van der Waals surface area contributed by atoms with E-state index in [9.17, 15) is 13.2 Å². The van der Waals surface area contributed by atoms with Gasteiger partial charge in [-0.1, -0.05) is 12.1 Å². The summed E-state index contributed by atoms with van der Waals surface area (Å²) in [4.78, 5) is 1.32. The third-order valence-corrected chi connectivity index (χ3v) is 2.97. The molecule has 3 nitrogen and oxygen atoms in total. The molecule has 0 unspecified atom stereocenters. The minimum absolute atomic E-state index is 0.186. The molecule has 0 spiro atoms. The molecule has 0 aromatic heterocycles. The Labute approximate surface area is 122 Å². The minimum atomic E-state index is -4.21. The average molecular weight is 300 g/mol. The molecule has 21 heavy (non-hydrogen) atoms. The summed E-state index contributed by atoms with van der Waals surface area (Å²) in [6.45, 7) is 2.91. The first-order valence-electron chi connectivity index (χ1n) is 6.71. The lowest BCUT2D eigenvalue weighted by Gasteiger charge is -2.27. The molecule has 0 saturated heterocycles. The van der Waals surface area contributed by atoms with Gasteiger partial charge in [-0.25, -0.2) is 0 Å². The Morgan fingerprint density at radius 2 is 1.86 bits per heavy atom. The van der Waals surface area contributed by atoms with Crippen molar-refractivity contribution in [3.05, 3.63) is 29.8 Å². The summed E-state index contributed by atoms with van der Waals surface area (Å²) in [7, 11) is 0. The van der Waals surface area contributed by atoms with Gasteiger partial charge in [-0.15, -0.1) is 0 Å². The Balaban J connectivity index is 2.45. The van der Waals surface area contributed by atoms with E-state index in [4.69, 9.17) is 10.00 Å². The molecule has 0 aliphatic heterocycles. The summed E-state index contributed by atoms with van der Waals surface area (Å²) in [6.07, 6.45) is -3.88. The van der Waals surface area contributed by atoms with Crippen LogP contribution >= 0.6 is 0 Å². The molecule has 0 atom stereocenters. The molecule has 6 heteroatoms. The van der Waals surface area contributed by atoms with Crippen molar-refractivity contribution in [3.8, 4) is 11.8 Å². The van der Waals surface area contributed by atoms with Gasteiger partial charge in [0, 0.05) is 12.6 Å². The molecule has 0 N–H and O–H groups in total. The van der Waals surface area contributed by atoms with Gasteiger partial charge in [0.25, 0.3) is 0 Å². The molecule has 0 radical (unpaired) electrons. The van der Waals surface area contributed by atoms with Gasteiger partial charge < -0.3 is 4.74 Å². The highest BCUT2D eigenvalue weighted by atomic mass is 19.4. The first-order chi connectivity index (χ1) is 9.81. The van der Waals surface area contributed by atoms with Crippen molar-refractivity contribution in [1.29, 1.82) is 5.26 Å². The monoisotopic (exact) mass is 300 g/mol. The largest absolute Gasteiger partial charge is 0.492 e. The molecule has 0 bridgehead atoms. The van der Waals surface area contributed by atoms with Crippen LogP contribution in [-0.2, 0) is 6.42 Å². The third-order valence-electron chi connectivity index (χ3n) is 2.97. The van der Waals surface area contributed by atoms with E-state index in [2.05, 4.69) is 0 Å². The Hall–Kier alpha value is -1.74. The van der Waals surface area contributed by atoms with Crippen LogP contribution in [0, 0.1) is 11.3 Å². The SMILES string of the molecule is CC(C)N(CCOc1ccc(CC#N)cc1)CC(F)(F)F. The van der Waals surface area contributed by atoms with Crippen LogP contribution in [0.4, 0.5) is 13.2 Å². The third kappa shape index (κ3) is 7.00. The highest BCUT2D eigenvalue weighted by molar-refractivity contribution is 5.28. The van der Waals surface area contributed by atoms with E-state index in [1.807, 2.05) is 6.07 Å². The zero-order chi connectivity index (χ0) is 15.9. The first-order valence-corrected chi connectivity index (χ1v) is 6.71. The minimum Gasteiger partial charge on any atom is -0.492 e. The van der Waals surface area contributed by atoms with E-state index in [1.54, 1.807) is 38.1 Å². The Morgan fingerprint density at radius 3 is 2.33 bits per heavy atom. The summed E-state index contributed by atoms with van der Waals surface area (Å²) in [5, 5.41) is 8.56. The summed E-state index contributed by atoms with van der Waals surface area (Å²) >= 11 is 0. The zero-order valence-electron chi connectivity index (χ0n) is 12.2. The molecule has 1 rings (SSSR count). The fourth-order valence-corrected chi connectivity index (χ4v) is 1.83. The van der Waals surface area contributed by atoms with Gasteiger partial charge in [-0.05, 0) is 31.5 Å². The molecule has 0 heterocycles. The van der Waals surface area contributed by atoms with Crippen molar-refractivity contribution in [2.45, 2.75) is 32.5 Å². The van der Waals surface area contributed by atoms with E-state index in [-0.39, 0.29) is 19.2 Å². The lowest BCUT2D eigenvalue weighted by atomic mass is 10.2. The highest BCUT2D eigenvalue weighted by Crippen LogP contribution is 2.18. The van der Waals surface area contributed by atoms with Gasteiger partial charge in [-0.2, -0.15) is 18.4 Å². The maximum Gasteiger partial charge on any atom is 0.401 e. The van der Waals surface area contributed by atoms with Crippen LogP contribution in [0.15, 0.2) is 24.3 Å². The van der Waals surface area contributed by atoms with Crippen LogP contribution in [0.25, 0.3) is 0 Å². The van der Waals surface area contributed by atoms with Gasteiger partial charge in [0.05, 0.1) is 19.0 Å². The summed E-state index contributed by atoms with van der Waals surface area (Å²) in [5.41, 5.74) is 0.880. The Morgan fingerprint density at radius 1 is 1.24 bits per heavy atom. The number of halogens is 3. The van der Waals surface area contributed by atoms with Crippen molar-refractivity contribution in [1.82, 2.24) is 4.90 Å². The quantitative estimate of drug-likeness (QED) is 0.774. The van der Waals surface area contributed by atoms with Gasteiger partial charge >= 0.3 is 6.18 Å². The van der Waals surface area contributed by atoms with Crippen LogP contribution in [0.1, 0.15) is 19.4 Å². The van der Waals surface area contributed by atoms with E-state index < -0.39 is 12.7 Å². The maximum atomic E-state index is 12.4.